The van der Waals surface area contributed by atoms with Crippen LogP contribution in [0.2, 0.25) is 0 Å². The van der Waals surface area contributed by atoms with E-state index in [-0.39, 0.29) is 12.4 Å². The minimum Gasteiger partial charge on any atom is -0.444 e. The van der Waals surface area contributed by atoms with E-state index in [1.54, 1.807) is 0 Å². The lowest BCUT2D eigenvalue weighted by Gasteiger charge is -2.05. The van der Waals surface area contributed by atoms with Crippen molar-refractivity contribution in [3.05, 3.63) is 41.8 Å². The summed E-state index contributed by atoms with van der Waals surface area (Å²) in [5, 5.41) is 0. The van der Waals surface area contributed by atoms with Gasteiger partial charge in [0.1, 0.15) is 6.26 Å². The van der Waals surface area contributed by atoms with Crippen LogP contribution >= 0.6 is 0 Å². The fourth-order valence-corrected chi connectivity index (χ4v) is 1.34. The van der Waals surface area contributed by atoms with Gasteiger partial charge in [0.2, 0.25) is 5.89 Å². The van der Waals surface area contributed by atoms with E-state index < -0.39 is 11.7 Å². The van der Waals surface area contributed by atoms with E-state index in [4.69, 9.17) is 10.2 Å². The molecule has 3 nitrogen and oxygen atoms in total. The van der Waals surface area contributed by atoms with Gasteiger partial charge in [-0.1, -0.05) is 0 Å². The van der Waals surface area contributed by atoms with Crippen LogP contribution in [0.5, 0.6) is 0 Å². The molecule has 0 aliphatic rings. The number of rotatable bonds is 2. The van der Waals surface area contributed by atoms with Crippen LogP contribution in [0.4, 0.5) is 13.2 Å². The van der Waals surface area contributed by atoms with Crippen molar-refractivity contribution in [1.29, 1.82) is 0 Å². The average molecular weight is 242 g/mol. The first-order chi connectivity index (χ1) is 8.00. The smallest absolute Gasteiger partial charge is 0.416 e. The SMILES string of the molecule is NCc1coc(-c2ccc(C(F)(F)F)cc2)n1. The molecule has 2 rings (SSSR count). The van der Waals surface area contributed by atoms with Crippen molar-refractivity contribution < 1.29 is 17.6 Å². The molecule has 0 saturated carbocycles. The van der Waals surface area contributed by atoms with Gasteiger partial charge in [0, 0.05) is 12.1 Å². The normalized spacial score (nSPS) is 11.8. The molecule has 2 N–H and O–H groups in total. The van der Waals surface area contributed by atoms with Gasteiger partial charge in [-0.05, 0) is 24.3 Å². The van der Waals surface area contributed by atoms with Gasteiger partial charge in [-0.2, -0.15) is 13.2 Å². The van der Waals surface area contributed by atoms with Crippen molar-refractivity contribution in [3.8, 4) is 11.5 Å². The van der Waals surface area contributed by atoms with Gasteiger partial charge in [0.25, 0.3) is 0 Å². The molecule has 90 valence electrons. The second-order valence-electron chi connectivity index (χ2n) is 3.42. The molecule has 2 aromatic rings. The van der Waals surface area contributed by atoms with E-state index in [0.29, 0.717) is 11.3 Å². The monoisotopic (exact) mass is 242 g/mol. The fraction of sp³-hybridized carbons (Fsp3) is 0.182. The molecule has 0 atom stereocenters. The maximum atomic E-state index is 12.3. The van der Waals surface area contributed by atoms with Crippen LogP contribution < -0.4 is 5.73 Å². The number of alkyl halides is 3. The van der Waals surface area contributed by atoms with Crippen LogP contribution in [0, 0.1) is 0 Å². The first-order valence-electron chi connectivity index (χ1n) is 4.83. The molecule has 0 saturated heterocycles. The van der Waals surface area contributed by atoms with Crippen LogP contribution in [0.15, 0.2) is 34.9 Å². The number of benzene rings is 1. The molecule has 0 amide bonds. The van der Waals surface area contributed by atoms with Crippen molar-refractivity contribution in [2.24, 2.45) is 5.73 Å². The zero-order chi connectivity index (χ0) is 12.5. The van der Waals surface area contributed by atoms with E-state index >= 15 is 0 Å². The Kier molecular flexibility index (Phi) is 2.89. The Morgan fingerprint density at radius 2 is 1.82 bits per heavy atom. The largest absolute Gasteiger partial charge is 0.444 e. The maximum absolute atomic E-state index is 12.3. The second kappa shape index (κ2) is 4.21. The molecule has 0 aliphatic heterocycles. The molecule has 0 bridgehead atoms. The van der Waals surface area contributed by atoms with Crippen molar-refractivity contribution in [1.82, 2.24) is 4.98 Å². The number of oxazole rings is 1. The molecular weight excluding hydrogens is 233 g/mol. The van der Waals surface area contributed by atoms with Gasteiger partial charge in [-0.15, -0.1) is 0 Å². The zero-order valence-corrected chi connectivity index (χ0v) is 8.66. The van der Waals surface area contributed by atoms with Crippen LogP contribution in [0.1, 0.15) is 11.3 Å². The lowest BCUT2D eigenvalue weighted by Crippen LogP contribution is -2.04. The molecule has 0 unspecified atom stereocenters. The summed E-state index contributed by atoms with van der Waals surface area (Å²) in [6, 6.07) is 4.60. The molecule has 0 fully saturated rings. The number of nitrogens with zero attached hydrogens (tertiary/aromatic N) is 1. The zero-order valence-electron chi connectivity index (χ0n) is 8.66. The van der Waals surface area contributed by atoms with E-state index in [1.807, 2.05) is 0 Å². The van der Waals surface area contributed by atoms with E-state index in [9.17, 15) is 13.2 Å². The molecule has 1 heterocycles. The third-order valence-corrected chi connectivity index (χ3v) is 2.22. The predicted octanol–water partition coefficient (Wildman–Crippen LogP) is 2.82. The Balaban J connectivity index is 2.29. The highest BCUT2D eigenvalue weighted by atomic mass is 19.4. The maximum Gasteiger partial charge on any atom is 0.416 e. The predicted molar refractivity (Wildman–Crippen MR) is 54.8 cm³/mol. The summed E-state index contributed by atoms with van der Waals surface area (Å²) in [6.45, 7) is 0.226. The molecule has 0 spiro atoms. The fourth-order valence-electron chi connectivity index (χ4n) is 1.34. The molecule has 0 radical (unpaired) electrons. The van der Waals surface area contributed by atoms with Crippen molar-refractivity contribution >= 4 is 0 Å². The van der Waals surface area contributed by atoms with E-state index in [0.717, 1.165) is 12.1 Å². The Morgan fingerprint density at radius 1 is 1.18 bits per heavy atom. The van der Waals surface area contributed by atoms with E-state index in [1.165, 1.54) is 18.4 Å². The summed E-state index contributed by atoms with van der Waals surface area (Å²) in [5.41, 5.74) is 5.69. The first kappa shape index (κ1) is 11.7. The summed E-state index contributed by atoms with van der Waals surface area (Å²) in [4.78, 5) is 4.02. The van der Waals surface area contributed by atoms with Crippen LogP contribution in [0.25, 0.3) is 11.5 Å². The average Bonchev–Trinajstić information content (AvgIpc) is 2.76. The van der Waals surface area contributed by atoms with Gasteiger partial charge in [-0.3, -0.25) is 0 Å². The standard InChI is InChI=1S/C11H9F3N2O/c12-11(13,14)8-3-1-7(2-4-8)10-16-9(5-15)6-17-10/h1-4,6H,5,15H2. The Labute approximate surface area is 95.1 Å². The number of nitrogens with two attached hydrogens (primary N) is 1. The van der Waals surface area contributed by atoms with Crippen molar-refractivity contribution in [2.45, 2.75) is 12.7 Å². The van der Waals surface area contributed by atoms with Gasteiger partial charge < -0.3 is 10.2 Å². The highest BCUT2D eigenvalue weighted by Gasteiger charge is 2.30. The summed E-state index contributed by atoms with van der Waals surface area (Å²) in [6.07, 6.45) is -2.95. The lowest BCUT2D eigenvalue weighted by atomic mass is 10.1. The van der Waals surface area contributed by atoms with Crippen molar-refractivity contribution in [3.63, 3.8) is 0 Å². The minimum atomic E-state index is -4.34. The number of hydrogen-bond donors (Lipinski definition) is 1. The van der Waals surface area contributed by atoms with Gasteiger partial charge in [0.15, 0.2) is 0 Å². The Morgan fingerprint density at radius 3 is 2.29 bits per heavy atom. The number of aromatic nitrogens is 1. The quantitative estimate of drug-likeness (QED) is 0.880. The lowest BCUT2D eigenvalue weighted by molar-refractivity contribution is -0.137. The molecule has 1 aromatic heterocycles. The Bertz CT molecular complexity index is 502. The number of hydrogen-bond acceptors (Lipinski definition) is 3. The minimum absolute atomic E-state index is 0.226. The molecule has 0 aliphatic carbocycles. The molecule has 1 aromatic carbocycles. The topological polar surface area (TPSA) is 52.0 Å². The van der Waals surface area contributed by atoms with Gasteiger partial charge in [0.05, 0.1) is 11.3 Å². The van der Waals surface area contributed by atoms with Crippen LogP contribution in [-0.4, -0.2) is 4.98 Å². The number of halogens is 3. The Hall–Kier alpha value is -1.82. The van der Waals surface area contributed by atoms with Gasteiger partial charge >= 0.3 is 6.18 Å². The van der Waals surface area contributed by atoms with Crippen LogP contribution in [0.3, 0.4) is 0 Å². The third kappa shape index (κ3) is 2.47. The summed E-state index contributed by atoms with van der Waals surface area (Å²) in [5.74, 6) is 0.263. The van der Waals surface area contributed by atoms with Crippen LogP contribution in [-0.2, 0) is 12.7 Å². The summed E-state index contributed by atoms with van der Waals surface area (Å²) >= 11 is 0. The first-order valence-corrected chi connectivity index (χ1v) is 4.83. The summed E-state index contributed by atoms with van der Waals surface area (Å²) in [7, 11) is 0. The third-order valence-electron chi connectivity index (χ3n) is 2.22. The van der Waals surface area contributed by atoms with E-state index in [2.05, 4.69) is 4.98 Å². The molecule has 6 heteroatoms. The highest BCUT2D eigenvalue weighted by molar-refractivity contribution is 5.53. The highest BCUT2D eigenvalue weighted by Crippen LogP contribution is 2.30. The van der Waals surface area contributed by atoms with Crippen molar-refractivity contribution in [2.75, 3.05) is 0 Å². The molecule has 17 heavy (non-hydrogen) atoms. The summed E-state index contributed by atoms with van der Waals surface area (Å²) < 4.78 is 42.1. The second-order valence-corrected chi connectivity index (χ2v) is 3.42. The van der Waals surface area contributed by atoms with Gasteiger partial charge in [-0.25, -0.2) is 4.98 Å². The molecular formula is C11H9F3N2O.